The number of hydrogen-bond donors (Lipinski definition) is 2. The van der Waals surface area contributed by atoms with Crippen LogP contribution in [0.2, 0.25) is 0 Å². The van der Waals surface area contributed by atoms with Crippen molar-refractivity contribution in [3.63, 3.8) is 0 Å². The second kappa shape index (κ2) is 9.80. The molecule has 0 bridgehead atoms. The van der Waals surface area contributed by atoms with Crippen molar-refractivity contribution in [3.8, 4) is 0 Å². The summed E-state index contributed by atoms with van der Waals surface area (Å²) in [6.45, 7) is 5.16. The van der Waals surface area contributed by atoms with E-state index in [-0.39, 0.29) is 18.3 Å². The number of carbonyl (C=O) groups excluding carboxylic acids is 1. The van der Waals surface area contributed by atoms with Gasteiger partial charge in [0.05, 0.1) is 0 Å². The predicted molar refractivity (Wildman–Crippen MR) is 90.0 cm³/mol. The summed E-state index contributed by atoms with van der Waals surface area (Å²) in [6.07, 6.45) is 5.09. The van der Waals surface area contributed by atoms with E-state index in [0.29, 0.717) is 6.42 Å². The molecule has 1 heterocycles. The number of piperidine rings is 1. The van der Waals surface area contributed by atoms with E-state index < -0.39 is 0 Å². The third-order valence-corrected chi connectivity index (χ3v) is 4.04. The number of carbonyl (C=O) groups is 1. The Bertz CT molecular complexity index is 413. The van der Waals surface area contributed by atoms with Gasteiger partial charge in [-0.1, -0.05) is 29.8 Å². The molecule has 0 aliphatic carbocycles. The molecule has 1 atom stereocenters. The zero-order valence-corrected chi connectivity index (χ0v) is 13.7. The van der Waals surface area contributed by atoms with Gasteiger partial charge in [0.25, 0.3) is 0 Å². The van der Waals surface area contributed by atoms with Crippen LogP contribution in [0.15, 0.2) is 24.3 Å². The molecule has 1 aliphatic heterocycles. The lowest BCUT2D eigenvalue weighted by molar-refractivity contribution is -0.121. The average Bonchev–Trinajstić information content (AvgIpc) is 2.48. The Kier molecular flexibility index (Phi) is 8.40. The van der Waals surface area contributed by atoms with Crippen molar-refractivity contribution in [3.05, 3.63) is 35.4 Å². The molecular formula is C17H27ClN2O. The number of amides is 1. The molecule has 118 valence electrons. The second-order valence-electron chi connectivity index (χ2n) is 5.84. The van der Waals surface area contributed by atoms with Crippen molar-refractivity contribution in [2.75, 3.05) is 19.6 Å². The molecule has 21 heavy (non-hydrogen) atoms. The molecule has 2 N–H and O–H groups in total. The maximum atomic E-state index is 11.8. The van der Waals surface area contributed by atoms with E-state index in [9.17, 15) is 4.79 Å². The Balaban J connectivity index is 0.00000220. The third-order valence-electron chi connectivity index (χ3n) is 4.04. The Morgan fingerprint density at radius 3 is 2.76 bits per heavy atom. The van der Waals surface area contributed by atoms with Gasteiger partial charge in [-0.3, -0.25) is 4.79 Å². The minimum Gasteiger partial charge on any atom is -0.356 e. The number of nitrogens with one attached hydrogen (secondary N) is 2. The van der Waals surface area contributed by atoms with Crippen LogP contribution >= 0.6 is 12.4 Å². The molecule has 0 radical (unpaired) electrons. The van der Waals surface area contributed by atoms with E-state index in [2.05, 4.69) is 41.8 Å². The third kappa shape index (κ3) is 6.96. The molecule has 0 saturated carbocycles. The second-order valence-corrected chi connectivity index (χ2v) is 5.84. The van der Waals surface area contributed by atoms with Gasteiger partial charge in [-0.05, 0) is 57.2 Å². The molecular weight excluding hydrogens is 284 g/mol. The van der Waals surface area contributed by atoms with Crippen LogP contribution in [0.25, 0.3) is 0 Å². The maximum Gasteiger partial charge on any atom is 0.220 e. The summed E-state index contributed by atoms with van der Waals surface area (Å²) >= 11 is 0. The summed E-state index contributed by atoms with van der Waals surface area (Å²) in [5, 5.41) is 6.46. The van der Waals surface area contributed by atoms with Gasteiger partial charge >= 0.3 is 0 Å². The predicted octanol–water partition coefficient (Wildman–Crippen LogP) is 2.86. The van der Waals surface area contributed by atoms with Crippen LogP contribution in [0.3, 0.4) is 0 Å². The Morgan fingerprint density at radius 1 is 1.33 bits per heavy atom. The van der Waals surface area contributed by atoms with Gasteiger partial charge in [0.15, 0.2) is 0 Å². The largest absolute Gasteiger partial charge is 0.356 e. The molecule has 1 aromatic carbocycles. The van der Waals surface area contributed by atoms with E-state index in [1.54, 1.807) is 0 Å². The minimum absolute atomic E-state index is 0. The molecule has 1 saturated heterocycles. The zero-order chi connectivity index (χ0) is 14.2. The van der Waals surface area contributed by atoms with Crippen molar-refractivity contribution in [1.82, 2.24) is 10.6 Å². The Morgan fingerprint density at radius 2 is 2.10 bits per heavy atom. The van der Waals surface area contributed by atoms with E-state index >= 15 is 0 Å². The molecule has 3 nitrogen and oxygen atoms in total. The SMILES string of the molecule is Cc1ccc(CCC(=O)NCCC2CCCNC2)cc1.Cl. The fourth-order valence-corrected chi connectivity index (χ4v) is 2.69. The summed E-state index contributed by atoms with van der Waals surface area (Å²) < 4.78 is 0. The van der Waals surface area contributed by atoms with Crippen molar-refractivity contribution in [2.24, 2.45) is 5.92 Å². The van der Waals surface area contributed by atoms with Gasteiger partial charge in [-0.25, -0.2) is 0 Å². The summed E-state index contributed by atoms with van der Waals surface area (Å²) in [6, 6.07) is 8.42. The highest BCUT2D eigenvalue weighted by Crippen LogP contribution is 2.13. The van der Waals surface area contributed by atoms with Crippen LogP contribution in [0, 0.1) is 12.8 Å². The summed E-state index contributed by atoms with van der Waals surface area (Å²) in [7, 11) is 0. The normalized spacial score (nSPS) is 17.9. The van der Waals surface area contributed by atoms with Crippen LogP contribution in [-0.4, -0.2) is 25.5 Å². The molecule has 1 fully saturated rings. The lowest BCUT2D eigenvalue weighted by atomic mass is 9.96. The number of halogens is 1. The molecule has 0 aromatic heterocycles. The highest BCUT2D eigenvalue weighted by atomic mass is 35.5. The molecule has 1 aliphatic rings. The Labute approximate surface area is 134 Å². The first-order valence-corrected chi connectivity index (χ1v) is 7.77. The van der Waals surface area contributed by atoms with Crippen molar-refractivity contribution >= 4 is 18.3 Å². The number of hydrogen-bond acceptors (Lipinski definition) is 2. The molecule has 4 heteroatoms. The quantitative estimate of drug-likeness (QED) is 0.848. The lowest BCUT2D eigenvalue weighted by Crippen LogP contribution is -2.33. The summed E-state index contributed by atoms with van der Waals surface area (Å²) in [4.78, 5) is 11.8. The van der Waals surface area contributed by atoms with Crippen LogP contribution in [0.1, 0.15) is 36.8 Å². The molecule has 0 spiro atoms. The standard InChI is InChI=1S/C17H26N2O.ClH/c1-14-4-6-15(7-5-14)8-9-17(20)19-12-10-16-3-2-11-18-13-16;/h4-7,16,18H,2-3,8-13H2,1H3,(H,19,20);1H. The number of benzene rings is 1. The van der Waals surface area contributed by atoms with E-state index in [1.807, 2.05) is 0 Å². The fraction of sp³-hybridized carbons (Fsp3) is 0.588. The van der Waals surface area contributed by atoms with Crippen LogP contribution < -0.4 is 10.6 Å². The highest BCUT2D eigenvalue weighted by molar-refractivity contribution is 5.85. The summed E-state index contributed by atoms with van der Waals surface area (Å²) in [5.41, 5.74) is 2.50. The minimum atomic E-state index is 0. The first-order valence-electron chi connectivity index (χ1n) is 7.77. The van der Waals surface area contributed by atoms with Gasteiger partial charge in [-0.15, -0.1) is 12.4 Å². The highest BCUT2D eigenvalue weighted by Gasteiger charge is 2.12. The van der Waals surface area contributed by atoms with Gasteiger partial charge in [-0.2, -0.15) is 0 Å². The smallest absolute Gasteiger partial charge is 0.220 e. The zero-order valence-electron chi connectivity index (χ0n) is 12.9. The van der Waals surface area contributed by atoms with Crippen molar-refractivity contribution in [1.29, 1.82) is 0 Å². The first-order chi connectivity index (χ1) is 9.74. The van der Waals surface area contributed by atoms with Crippen molar-refractivity contribution < 1.29 is 4.79 Å². The lowest BCUT2D eigenvalue weighted by Gasteiger charge is -2.22. The van der Waals surface area contributed by atoms with Crippen LogP contribution in [0.5, 0.6) is 0 Å². The molecule has 1 amide bonds. The Hall–Kier alpha value is -1.06. The topological polar surface area (TPSA) is 41.1 Å². The maximum absolute atomic E-state index is 11.8. The van der Waals surface area contributed by atoms with Crippen molar-refractivity contribution in [2.45, 2.75) is 39.0 Å². The van der Waals surface area contributed by atoms with E-state index in [0.717, 1.165) is 38.4 Å². The monoisotopic (exact) mass is 310 g/mol. The summed E-state index contributed by atoms with van der Waals surface area (Å²) in [5.74, 6) is 0.912. The van der Waals surface area contributed by atoms with Gasteiger partial charge in [0.2, 0.25) is 5.91 Å². The van der Waals surface area contributed by atoms with Crippen LogP contribution in [0.4, 0.5) is 0 Å². The number of aryl methyl sites for hydroxylation is 2. The van der Waals surface area contributed by atoms with Gasteiger partial charge in [0.1, 0.15) is 0 Å². The molecule has 1 aromatic rings. The number of rotatable bonds is 6. The average molecular weight is 311 g/mol. The van der Waals surface area contributed by atoms with E-state index in [1.165, 1.54) is 24.0 Å². The van der Waals surface area contributed by atoms with Gasteiger partial charge < -0.3 is 10.6 Å². The van der Waals surface area contributed by atoms with E-state index in [4.69, 9.17) is 0 Å². The van der Waals surface area contributed by atoms with Gasteiger partial charge in [0, 0.05) is 13.0 Å². The molecule has 2 rings (SSSR count). The first kappa shape index (κ1) is 18.0. The fourth-order valence-electron chi connectivity index (χ4n) is 2.69. The molecule has 1 unspecified atom stereocenters. The van der Waals surface area contributed by atoms with Crippen LogP contribution in [-0.2, 0) is 11.2 Å².